The van der Waals surface area contributed by atoms with Gasteiger partial charge in [-0.3, -0.25) is 19.7 Å². The number of aromatic nitrogens is 4. The number of phosphoric acid groups is 2. The Hall–Kier alpha value is -2.12. The Morgan fingerprint density at radius 2 is 1.97 bits per heavy atom. The van der Waals surface area contributed by atoms with Crippen LogP contribution in [0.5, 0.6) is 0 Å². The second kappa shape index (κ2) is 9.74. The molecule has 7 atom stereocenters. The summed E-state index contributed by atoms with van der Waals surface area (Å²) < 4.78 is 42.6. The minimum absolute atomic E-state index is 0.108. The number of nitrogen functional groups attached to an aromatic ring is 1. The second-order valence-electron chi connectivity index (χ2n) is 7.40. The number of ether oxygens (including phenoxy) is 2. The normalized spacial score (nSPS) is 31.0. The predicted molar refractivity (Wildman–Crippen MR) is 109 cm³/mol. The van der Waals surface area contributed by atoms with E-state index in [9.17, 15) is 29.0 Å². The van der Waals surface area contributed by atoms with Crippen molar-refractivity contribution in [1.29, 1.82) is 0 Å². The number of nitrogens with zero attached hydrogens (tertiary/aromatic N) is 4. The predicted octanol–water partition coefficient (Wildman–Crippen LogP) is -3.36. The summed E-state index contributed by atoms with van der Waals surface area (Å²) in [4.78, 5) is 50.8. The van der Waals surface area contributed by atoms with Crippen molar-refractivity contribution in [2.75, 3.05) is 18.9 Å². The van der Waals surface area contributed by atoms with Crippen LogP contribution in [-0.4, -0.2) is 94.2 Å². The van der Waals surface area contributed by atoms with Gasteiger partial charge < -0.3 is 40.1 Å². The standard InChI is InChI=1S/C14H21N7O12P2/c15-10-7-12(18-3-17-10)21(4-19-7)13-9(23)8(22)5(31-13)2-30-14(24)11-16-1-6(20-11)32-35(28,29)33-34(25,26)27/h3-6,8-9,11,13,16,20,22-23H,1-2H2,(H,28,29)(H2,15,17,18)(H2,25,26,27)/t5-,6?,8-,9-,11?,13-/m1/s1. The molecule has 0 bridgehead atoms. The van der Waals surface area contributed by atoms with E-state index < -0.39 is 65.2 Å². The molecule has 2 aromatic rings. The molecule has 21 heteroatoms. The Bertz CT molecular complexity index is 1190. The number of hydrogen-bond donors (Lipinski definition) is 8. The first-order valence-corrected chi connectivity index (χ1v) is 12.8. The van der Waals surface area contributed by atoms with E-state index in [1.807, 2.05) is 0 Å². The molecule has 0 aliphatic carbocycles. The van der Waals surface area contributed by atoms with E-state index in [4.69, 9.17) is 25.0 Å². The van der Waals surface area contributed by atoms with Gasteiger partial charge >= 0.3 is 21.6 Å². The van der Waals surface area contributed by atoms with Crippen LogP contribution in [0.1, 0.15) is 6.23 Å². The number of hydrogen-bond acceptors (Lipinski definition) is 15. The van der Waals surface area contributed by atoms with Gasteiger partial charge in [0, 0.05) is 6.54 Å². The Kier molecular flexibility index (Phi) is 7.22. The molecule has 4 rings (SSSR count). The number of esters is 1. The van der Waals surface area contributed by atoms with Gasteiger partial charge in [0.15, 0.2) is 23.9 Å². The number of carbonyl (C=O) groups is 1. The van der Waals surface area contributed by atoms with E-state index >= 15 is 0 Å². The highest BCUT2D eigenvalue weighted by atomic mass is 31.3. The molecular weight excluding hydrogens is 520 g/mol. The third-order valence-electron chi connectivity index (χ3n) is 4.95. The fourth-order valence-electron chi connectivity index (χ4n) is 3.46. The zero-order valence-corrected chi connectivity index (χ0v) is 19.2. The maximum absolute atomic E-state index is 12.3. The van der Waals surface area contributed by atoms with Crippen molar-refractivity contribution in [1.82, 2.24) is 30.2 Å². The summed E-state index contributed by atoms with van der Waals surface area (Å²) in [6.07, 6.45) is -5.23. The van der Waals surface area contributed by atoms with Crippen LogP contribution in [0.25, 0.3) is 11.2 Å². The molecule has 4 heterocycles. The topological polar surface area (TPSA) is 283 Å². The van der Waals surface area contributed by atoms with Crippen LogP contribution >= 0.6 is 15.6 Å². The molecule has 3 unspecified atom stereocenters. The Morgan fingerprint density at radius 1 is 1.23 bits per heavy atom. The minimum Gasteiger partial charge on any atom is -0.461 e. The molecule has 0 spiro atoms. The number of phosphoric ester groups is 1. The van der Waals surface area contributed by atoms with Gasteiger partial charge in [-0.2, -0.15) is 4.31 Å². The van der Waals surface area contributed by atoms with Gasteiger partial charge in [-0.1, -0.05) is 0 Å². The SMILES string of the molecule is Nc1ncnc2c1ncn2[C@@H]1O[C@H](COC(=O)C2NCC(OP(=O)(O)OP(=O)(O)O)N2)[C@@H](O)[C@H]1O. The van der Waals surface area contributed by atoms with Crippen molar-refractivity contribution < 1.29 is 57.1 Å². The first-order valence-electron chi connectivity index (χ1n) is 9.73. The first kappa shape index (κ1) is 26.0. The highest BCUT2D eigenvalue weighted by molar-refractivity contribution is 7.60. The molecule has 35 heavy (non-hydrogen) atoms. The summed E-state index contributed by atoms with van der Waals surface area (Å²) in [5.41, 5.74) is 6.26. The number of rotatable bonds is 8. The number of carbonyl (C=O) groups excluding carboxylic acids is 1. The molecule has 2 saturated heterocycles. The smallest absolute Gasteiger partial charge is 0.461 e. The third-order valence-corrected chi connectivity index (χ3v) is 7.15. The van der Waals surface area contributed by atoms with Gasteiger partial charge in [-0.15, -0.1) is 0 Å². The van der Waals surface area contributed by atoms with E-state index in [0.29, 0.717) is 0 Å². The number of imidazole rings is 1. The Labute approximate surface area is 195 Å². The number of aliphatic hydroxyl groups is 2. The second-order valence-corrected chi connectivity index (χ2v) is 10.2. The summed E-state index contributed by atoms with van der Waals surface area (Å²) in [5.74, 6) is -0.820. The van der Waals surface area contributed by atoms with E-state index in [0.717, 1.165) is 0 Å². The van der Waals surface area contributed by atoms with Gasteiger partial charge in [0.1, 0.15) is 43.0 Å². The van der Waals surface area contributed by atoms with Crippen LogP contribution in [0.2, 0.25) is 0 Å². The van der Waals surface area contributed by atoms with Crippen molar-refractivity contribution in [3.63, 3.8) is 0 Å². The van der Waals surface area contributed by atoms with E-state index in [2.05, 4.69) is 34.4 Å². The lowest BCUT2D eigenvalue weighted by Gasteiger charge is -2.18. The highest BCUT2D eigenvalue weighted by Gasteiger charge is 2.45. The first-order chi connectivity index (χ1) is 16.3. The van der Waals surface area contributed by atoms with E-state index in [-0.39, 0.29) is 23.5 Å². The average Bonchev–Trinajstić information content (AvgIpc) is 3.44. The van der Waals surface area contributed by atoms with Gasteiger partial charge in [0.2, 0.25) is 0 Å². The molecule has 2 fully saturated rings. The van der Waals surface area contributed by atoms with Gasteiger partial charge in [-0.05, 0) is 0 Å². The van der Waals surface area contributed by atoms with Crippen molar-refractivity contribution >= 4 is 38.6 Å². The summed E-state index contributed by atoms with van der Waals surface area (Å²) in [6.45, 7) is -0.709. The van der Waals surface area contributed by atoms with Crippen LogP contribution in [-0.2, 0) is 32.2 Å². The van der Waals surface area contributed by atoms with Gasteiger partial charge in [0.25, 0.3) is 0 Å². The minimum atomic E-state index is -5.31. The molecule has 194 valence electrons. The monoisotopic (exact) mass is 541 g/mol. The lowest BCUT2D eigenvalue weighted by Crippen LogP contribution is -2.44. The molecule has 2 aliphatic rings. The van der Waals surface area contributed by atoms with Crippen molar-refractivity contribution in [3.05, 3.63) is 12.7 Å². The zero-order valence-electron chi connectivity index (χ0n) is 17.4. The summed E-state index contributed by atoms with van der Waals surface area (Å²) in [7, 11) is -10.4. The summed E-state index contributed by atoms with van der Waals surface area (Å²) >= 11 is 0. The van der Waals surface area contributed by atoms with Crippen molar-refractivity contribution in [2.24, 2.45) is 0 Å². The number of nitrogens with two attached hydrogens (primary N) is 1. The lowest BCUT2D eigenvalue weighted by atomic mass is 10.1. The van der Waals surface area contributed by atoms with Crippen LogP contribution in [0, 0.1) is 0 Å². The average molecular weight is 541 g/mol. The molecular formula is C14H21N7O12P2. The Balaban J connectivity index is 1.32. The lowest BCUT2D eigenvalue weighted by molar-refractivity contribution is -0.153. The van der Waals surface area contributed by atoms with Crippen molar-refractivity contribution in [3.8, 4) is 0 Å². The zero-order chi connectivity index (χ0) is 25.5. The van der Waals surface area contributed by atoms with Crippen LogP contribution < -0.4 is 16.4 Å². The quantitative estimate of drug-likeness (QED) is 0.120. The van der Waals surface area contributed by atoms with Crippen LogP contribution in [0.15, 0.2) is 12.7 Å². The van der Waals surface area contributed by atoms with Crippen molar-refractivity contribution in [2.45, 2.75) is 36.9 Å². The number of fused-ring (bicyclic) bond motifs is 1. The summed E-state index contributed by atoms with van der Waals surface area (Å²) in [6, 6.07) is 0. The molecule has 0 aromatic carbocycles. The maximum Gasteiger partial charge on any atom is 0.482 e. The fraction of sp³-hybridized carbons (Fsp3) is 0.571. The molecule has 2 aliphatic heterocycles. The third kappa shape index (κ3) is 5.83. The molecule has 19 nitrogen and oxygen atoms in total. The summed E-state index contributed by atoms with van der Waals surface area (Å²) in [5, 5.41) is 25.8. The molecule has 9 N–H and O–H groups in total. The molecule has 0 saturated carbocycles. The number of anilines is 1. The van der Waals surface area contributed by atoms with E-state index in [1.165, 1.54) is 17.2 Å². The number of aliphatic hydroxyl groups excluding tert-OH is 2. The van der Waals surface area contributed by atoms with Crippen LogP contribution in [0.4, 0.5) is 5.82 Å². The Morgan fingerprint density at radius 3 is 2.69 bits per heavy atom. The molecule has 0 radical (unpaired) electrons. The molecule has 0 amide bonds. The van der Waals surface area contributed by atoms with Crippen LogP contribution in [0.3, 0.4) is 0 Å². The molecule has 2 aromatic heterocycles. The fourth-order valence-corrected chi connectivity index (χ4v) is 5.15. The van der Waals surface area contributed by atoms with E-state index in [1.54, 1.807) is 0 Å². The maximum atomic E-state index is 12.3. The largest absolute Gasteiger partial charge is 0.482 e. The van der Waals surface area contributed by atoms with Gasteiger partial charge in [-0.25, -0.2) is 28.9 Å². The highest BCUT2D eigenvalue weighted by Crippen LogP contribution is 2.58. The van der Waals surface area contributed by atoms with Gasteiger partial charge in [0.05, 0.1) is 6.33 Å². The number of nitrogens with one attached hydrogen (secondary N) is 2.